The predicted molar refractivity (Wildman–Crippen MR) is 128 cm³/mol. The Morgan fingerprint density at radius 3 is 2.40 bits per heavy atom. The number of carbonyl (C=O) groups excluding carboxylic acids is 1. The second kappa shape index (κ2) is 8.74. The van der Waals surface area contributed by atoms with Gasteiger partial charge in [0.25, 0.3) is 0 Å². The van der Waals surface area contributed by atoms with Gasteiger partial charge in [-0.2, -0.15) is 0 Å². The van der Waals surface area contributed by atoms with E-state index in [1.807, 2.05) is 0 Å². The first kappa shape index (κ1) is 23.2. The molecule has 4 saturated carbocycles. The first-order valence-corrected chi connectivity index (χ1v) is 13.5. The molecular weight excluding hydrogens is 411 g/mol. The van der Waals surface area contributed by atoms with E-state index < -0.39 is 0 Å². The summed E-state index contributed by atoms with van der Waals surface area (Å²) in [6.07, 6.45) is 16.1. The fraction of sp³-hybridized carbons (Fsp3) is 0.889. The van der Waals surface area contributed by atoms with Gasteiger partial charge in [0.2, 0.25) is 0 Å². The number of allylic oxidation sites excluding steroid dienone is 1. The molecule has 1 nitrogen and oxygen atoms in total. The maximum Gasteiger partial charge on any atom is 0.160 e. The van der Waals surface area contributed by atoms with Crippen LogP contribution in [0, 0.1) is 46.3 Å². The summed E-state index contributed by atoms with van der Waals surface area (Å²) in [6.45, 7) is 9.45. The summed E-state index contributed by atoms with van der Waals surface area (Å²) in [4.78, 5) is 12.4. The number of fused-ring (bicyclic) bond motifs is 5. The number of carbonyl (C=O) groups is 1. The molecule has 0 aromatic rings. The van der Waals surface area contributed by atoms with Crippen LogP contribution in [0.15, 0.2) is 10.1 Å². The van der Waals surface area contributed by atoms with E-state index in [0.29, 0.717) is 28.7 Å². The molecule has 0 aliphatic heterocycles. The Morgan fingerprint density at radius 1 is 0.933 bits per heavy atom. The van der Waals surface area contributed by atoms with Crippen LogP contribution < -0.4 is 0 Å². The lowest BCUT2D eigenvalue weighted by atomic mass is 9.44. The molecule has 8 atom stereocenters. The van der Waals surface area contributed by atoms with Crippen LogP contribution in [0.5, 0.6) is 0 Å². The summed E-state index contributed by atoms with van der Waals surface area (Å²) < 4.78 is 0.130. The van der Waals surface area contributed by atoms with Crippen LogP contribution in [0.2, 0.25) is 0 Å². The maximum atomic E-state index is 12.4. The summed E-state index contributed by atoms with van der Waals surface area (Å²) in [6, 6.07) is 0. The van der Waals surface area contributed by atoms with E-state index in [-0.39, 0.29) is 10.3 Å². The molecule has 3 heteroatoms. The minimum Gasteiger partial charge on any atom is -0.294 e. The molecule has 4 rings (SSSR count). The lowest BCUT2D eigenvalue weighted by molar-refractivity contribution is -0.118. The largest absolute Gasteiger partial charge is 0.294 e. The minimum atomic E-state index is 0.119. The van der Waals surface area contributed by atoms with Gasteiger partial charge in [0.05, 0.1) is 0 Å². The molecule has 0 aromatic heterocycles. The number of hydrogen-bond acceptors (Lipinski definition) is 1. The van der Waals surface area contributed by atoms with Gasteiger partial charge in [0.1, 0.15) is 4.49 Å². The highest BCUT2D eigenvalue weighted by Gasteiger charge is 2.60. The molecular formula is C27H42Cl2O. The maximum absolute atomic E-state index is 12.4. The topological polar surface area (TPSA) is 17.1 Å². The smallest absolute Gasteiger partial charge is 0.160 e. The SMILES string of the molecule is CC(C(=O)CC[C@@H](C)[C@H]1CC[C@H]2[C@@H]3CCC4CCCC[C@]4(C)[C@H]3CC[C@]12C)=C(Cl)Cl. The highest BCUT2D eigenvalue weighted by molar-refractivity contribution is 6.57. The summed E-state index contributed by atoms with van der Waals surface area (Å²) in [5.74, 6) is 5.34. The molecule has 4 aliphatic carbocycles. The van der Waals surface area contributed by atoms with E-state index in [9.17, 15) is 4.79 Å². The van der Waals surface area contributed by atoms with Crippen LogP contribution >= 0.6 is 23.2 Å². The number of Topliss-reactive ketones (excluding diaryl/α,β-unsaturated/α-hetero) is 1. The lowest BCUT2D eigenvalue weighted by Gasteiger charge is -2.61. The van der Waals surface area contributed by atoms with Gasteiger partial charge >= 0.3 is 0 Å². The zero-order chi connectivity index (χ0) is 21.7. The normalized spacial score (nSPS) is 43.9. The van der Waals surface area contributed by atoms with E-state index in [1.54, 1.807) is 6.92 Å². The van der Waals surface area contributed by atoms with Crippen molar-refractivity contribution < 1.29 is 4.79 Å². The van der Waals surface area contributed by atoms with E-state index >= 15 is 0 Å². The highest BCUT2D eigenvalue weighted by atomic mass is 35.5. The Labute approximate surface area is 194 Å². The van der Waals surface area contributed by atoms with Crippen LogP contribution in [-0.4, -0.2) is 5.78 Å². The average molecular weight is 454 g/mol. The fourth-order valence-electron chi connectivity index (χ4n) is 9.12. The Balaban J connectivity index is 1.45. The second-order valence-electron chi connectivity index (χ2n) is 12.0. The summed E-state index contributed by atoms with van der Waals surface area (Å²) in [7, 11) is 0. The first-order chi connectivity index (χ1) is 14.2. The number of rotatable bonds is 5. The highest BCUT2D eigenvalue weighted by Crippen LogP contribution is 2.68. The quantitative estimate of drug-likeness (QED) is 0.380. The summed E-state index contributed by atoms with van der Waals surface area (Å²) in [5.41, 5.74) is 1.64. The predicted octanol–water partition coefficient (Wildman–Crippen LogP) is 8.73. The molecule has 4 fully saturated rings. The molecule has 4 aliphatic rings. The standard InChI is InChI=1S/C27H42Cl2O/c1-17(8-13-24(30)18(2)25(28)29)21-11-12-22-20-10-9-19-7-5-6-15-26(19,3)23(20)14-16-27(21,22)4/h17,19-23H,5-16H2,1-4H3/t17-,19?,20+,21-,22+,23+,26+,27-/m1/s1. The van der Waals surface area contributed by atoms with Gasteiger partial charge in [-0.3, -0.25) is 4.79 Å². The third-order valence-electron chi connectivity index (χ3n) is 10.9. The molecule has 170 valence electrons. The summed E-state index contributed by atoms with van der Waals surface area (Å²) in [5, 5.41) is 0. The molecule has 0 N–H and O–H groups in total. The van der Waals surface area contributed by atoms with Crippen LogP contribution in [0.1, 0.15) is 105 Å². The molecule has 1 unspecified atom stereocenters. The zero-order valence-corrected chi connectivity index (χ0v) is 21.1. The number of halogens is 2. The molecule has 0 bridgehead atoms. The molecule has 0 heterocycles. The van der Waals surface area contributed by atoms with Crippen molar-refractivity contribution in [2.75, 3.05) is 0 Å². The zero-order valence-electron chi connectivity index (χ0n) is 19.6. The van der Waals surface area contributed by atoms with Gasteiger partial charge in [-0.05, 0) is 111 Å². The van der Waals surface area contributed by atoms with Gasteiger partial charge in [-0.25, -0.2) is 0 Å². The molecule has 0 aromatic carbocycles. The van der Waals surface area contributed by atoms with Gasteiger partial charge in [0, 0.05) is 12.0 Å². The van der Waals surface area contributed by atoms with Crippen LogP contribution in [0.3, 0.4) is 0 Å². The molecule has 0 spiro atoms. The van der Waals surface area contributed by atoms with Crippen molar-refractivity contribution in [3.63, 3.8) is 0 Å². The van der Waals surface area contributed by atoms with E-state index in [4.69, 9.17) is 23.2 Å². The third kappa shape index (κ3) is 3.83. The van der Waals surface area contributed by atoms with Gasteiger partial charge in [0.15, 0.2) is 5.78 Å². The van der Waals surface area contributed by atoms with E-state index in [1.165, 1.54) is 64.2 Å². The van der Waals surface area contributed by atoms with Crippen molar-refractivity contribution >= 4 is 29.0 Å². The van der Waals surface area contributed by atoms with E-state index in [0.717, 1.165) is 36.0 Å². The van der Waals surface area contributed by atoms with Crippen LogP contribution in [0.4, 0.5) is 0 Å². The molecule has 0 amide bonds. The lowest BCUT2D eigenvalue weighted by Crippen LogP contribution is -2.53. The average Bonchev–Trinajstić information content (AvgIpc) is 3.07. The Kier molecular flexibility index (Phi) is 6.74. The third-order valence-corrected chi connectivity index (χ3v) is 11.4. The van der Waals surface area contributed by atoms with Crippen molar-refractivity contribution in [1.29, 1.82) is 0 Å². The first-order valence-electron chi connectivity index (χ1n) is 12.7. The van der Waals surface area contributed by atoms with Gasteiger partial charge < -0.3 is 0 Å². The molecule has 0 saturated heterocycles. The van der Waals surface area contributed by atoms with Crippen LogP contribution in [0.25, 0.3) is 0 Å². The van der Waals surface area contributed by atoms with Gasteiger partial charge in [-0.15, -0.1) is 0 Å². The van der Waals surface area contributed by atoms with Crippen molar-refractivity contribution in [3.05, 3.63) is 10.1 Å². The van der Waals surface area contributed by atoms with Crippen molar-refractivity contribution in [1.82, 2.24) is 0 Å². The minimum absolute atomic E-state index is 0.119. The van der Waals surface area contributed by atoms with Crippen molar-refractivity contribution in [2.45, 2.75) is 105 Å². The fourth-order valence-corrected chi connectivity index (χ4v) is 9.33. The van der Waals surface area contributed by atoms with E-state index in [2.05, 4.69) is 20.8 Å². The Bertz CT molecular complexity index is 695. The van der Waals surface area contributed by atoms with Crippen LogP contribution in [-0.2, 0) is 4.79 Å². The number of ketones is 1. The Hall–Kier alpha value is -0.0100. The number of hydrogen-bond donors (Lipinski definition) is 0. The van der Waals surface area contributed by atoms with Crippen molar-refractivity contribution in [2.24, 2.45) is 46.3 Å². The molecule has 30 heavy (non-hydrogen) atoms. The molecule has 0 radical (unpaired) electrons. The second-order valence-corrected chi connectivity index (χ2v) is 12.9. The monoisotopic (exact) mass is 452 g/mol. The Morgan fingerprint density at radius 2 is 1.67 bits per heavy atom. The van der Waals surface area contributed by atoms with Crippen molar-refractivity contribution in [3.8, 4) is 0 Å². The summed E-state index contributed by atoms with van der Waals surface area (Å²) >= 11 is 11.7. The van der Waals surface area contributed by atoms with Gasteiger partial charge in [-0.1, -0.05) is 56.8 Å².